The molecule has 0 saturated carbocycles. The molecule has 5 heteroatoms. The van der Waals surface area contributed by atoms with E-state index in [1.54, 1.807) is 6.07 Å². The molecule has 0 aromatic heterocycles. The van der Waals surface area contributed by atoms with Crippen molar-refractivity contribution in [2.75, 3.05) is 6.54 Å². The molecule has 0 bridgehead atoms. The molecule has 16 heavy (non-hydrogen) atoms. The number of aromatic carboxylic acids is 1. The summed E-state index contributed by atoms with van der Waals surface area (Å²) >= 11 is 0. The number of carboxylic acids is 1. The number of nitrogens with one attached hydrogen (secondary N) is 1. The van der Waals surface area contributed by atoms with Gasteiger partial charge in [-0.05, 0) is 37.1 Å². The second kappa shape index (κ2) is 5.27. The standard InChI is InChI=1S/C11H12FNO2.ClH/c12-7-3-4-8(9(6-7)11(14)15)10-2-1-5-13-10;/h3-4,6,10,13H,1-2,5H2,(H,14,15);1H/t10-;/m1./s1. The summed E-state index contributed by atoms with van der Waals surface area (Å²) in [6, 6.07) is 4.00. The Labute approximate surface area is 99.1 Å². The summed E-state index contributed by atoms with van der Waals surface area (Å²) in [6.45, 7) is 0.890. The van der Waals surface area contributed by atoms with Gasteiger partial charge in [-0.15, -0.1) is 12.4 Å². The normalized spacial score (nSPS) is 19.2. The van der Waals surface area contributed by atoms with Crippen molar-refractivity contribution in [3.63, 3.8) is 0 Å². The van der Waals surface area contributed by atoms with Crippen LogP contribution in [-0.2, 0) is 0 Å². The lowest BCUT2D eigenvalue weighted by molar-refractivity contribution is 0.0694. The van der Waals surface area contributed by atoms with E-state index in [2.05, 4.69) is 5.32 Å². The van der Waals surface area contributed by atoms with Gasteiger partial charge >= 0.3 is 5.97 Å². The van der Waals surface area contributed by atoms with Gasteiger partial charge in [0.15, 0.2) is 0 Å². The highest BCUT2D eigenvalue weighted by Crippen LogP contribution is 2.26. The number of hydrogen-bond acceptors (Lipinski definition) is 2. The summed E-state index contributed by atoms with van der Waals surface area (Å²) in [6.07, 6.45) is 1.94. The van der Waals surface area contributed by atoms with Crippen molar-refractivity contribution in [2.45, 2.75) is 18.9 Å². The molecule has 1 aromatic carbocycles. The Morgan fingerprint density at radius 2 is 2.25 bits per heavy atom. The van der Waals surface area contributed by atoms with E-state index in [-0.39, 0.29) is 24.0 Å². The lowest BCUT2D eigenvalue weighted by atomic mass is 9.99. The van der Waals surface area contributed by atoms with Gasteiger partial charge < -0.3 is 10.4 Å². The van der Waals surface area contributed by atoms with Crippen LogP contribution in [0.25, 0.3) is 0 Å². The highest BCUT2D eigenvalue weighted by Gasteiger charge is 2.22. The minimum absolute atomic E-state index is 0. The summed E-state index contributed by atoms with van der Waals surface area (Å²) in [5, 5.41) is 12.2. The Kier molecular flexibility index (Phi) is 4.26. The maximum absolute atomic E-state index is 12.9. The second-order valence-corrected chi connectivity index (χ2v) is 3.69. The van der Waals surface area contributed by atoms with Crippen LogP contribution in [-0.4, -0.2) is 17.6 Å². The third kappa shape index (κ3) is 2.51. The van der Waals surface area contributed by atoms with Crippen molar-refractivity contribution in [3.8, 4) is 0 Å². The van der Waals surface area contributed by atoms with Crippen LogP contribution in [0.3, 0.4) is 0 Å². The lowest BCUT2D eigenvalue weighted by Crippen LogP contribution is -2.16. The summed E-state index contributed by atoms with van der Waals surface area (Å²) in [5.74, 6) is -1.58. The summed E-state index contributed by atoms with van der Waals surface area (Å²) in [5.41, 5.74) is 0.746. The van der Waals surface area contributed by atoms with Gasteiger partial charge in [-0.3, -0.25) is 0 Å². The first-order valence-electron chi connectivity index (χ1n) is 4.94. The van der Waals surface area contributed by atoms with Crippen molar-refractivity contribution < 1.29 is 14.3 Å². The Morgan fingerprint density at radius 3 is 2.81 bits per heavy atom. The molecule has 0 spiro atoms. The third-order valence-electron chi connectivity index (χ3n) is 2.68. The predicted octanol–water partition coefficient (Wildman–Crippen LogP) is 2.37. The molecule has 2 N–H and O–H groups in total. The van der Waals surface area contributed by atoms with Crippen LogP contribution in [0.5, 0.6) is 0 Å². The van der Waals surface area contributed by atoms with Crippen molar-refractivity contribution in [1.29, 1.82) is 0 Å². The van der Waals surface area contributed by atoms with Crippen molar-refractivity contribution in [3.05, 3.63) is 35.1 Å². The molecule has 1 fully saturated rings. The van der Waals surface area contributed by atoms with E-state index in [0.717, 1.165) is 25.5 Å². The van der Waals surface area contributed by atoms with E-state index in [4.69, 9.17) is 5.11 Å². The number of carboxylic acid groups (broad SMARTS) is 1. The van der Waals surface area contributed by atoms with Crippen LogP contribution in [0, 0.1) is 5.82 Å². The van der Waals surface area contributed by atoms with Gasteiger partial charge in [-0.1, -0.05) is 6.07 Å². The molecule has 88 valence electrons. The molecule has 2 rings (SSSR count). The first kappa shape index (κ1) is 12.9. The quantitative estimate of drug-likeness (QED) is 0.841. The van der Waals surface area contributed by atoms with Crippen LogP contribution in [0.15, 0.2) is 18.2 Å². The molecule has 1 heterocycles. The topological polar surface area (TPSA) is 49.3 Å². The van der Waals surface area contributed by atoms with Crippen molar-refractivity contribution in [2.24, 2.45) is 0 Å². The van der Waals surface area contributed by atoms with Gasteiger partial charge in [0.2, 0.25) is 0 Å². The number of carbonyl (C=O) groups is 1. The Hall–Kier alpha value is -1.13. The lowest BCUT2D eigenvalue weighted by Gasteiger charge is -2.13. The molecule has 1 aliphatic heterocycles. The fourth-order valence-corrected chi connectivity index (χ4v) is 1.97. The zero-order chi connectivity index (χ0) is 10.8. The van der Waals surface area contributed by atoms with Crippen molar-refractivity contribution in [1.82, 2.24) is 5.32 Å². The van der Waals surface area contributed by atoms with E-state index in [1.807, 2.05) is 0 Å². The van der Waals surface area contributed by atoms with Crippen LogP contribution in [0.4, 0.5) is 4.39 Å². The van der Waals surface area contributed by atoms with Gasteiger partial charge in [0.1, 0.15) is 5.82 Å². The fraction of sp³-hybridized carbons (Fsp3) is 0.364. The molecular formula is C11H13ClFNO2. The van der Waals surface area contributed by atoms with E-state index in [1.165, 1.54) is 6.07 Å². The zero-order valence-corrected chi connectivity index (χ0v) is 9.39. The van der Waals surface area contributed by atoms with Crippen LogP contribution < -0.4 is 5.32 Å². The van der Waals surface area contributed by atoms with Crippen molar-refractivity contribution >= 4 is 18.4 Å². The first-order chi connectivity index (χ1) is 7.18. The minimum Gasteiger partial charge on any atom is -0.478 e. The highest BCUT2D eigenvalue weighted by molar-refractivity contribution is 5.89. The average molecular weight is 246 g/mol. The van der Waals surface area contributed by atoms with Crippen LogP contribution in [0.2, 0.25) is 0 Å². The molecule has 0 aliphatic carbocycles. The van der Waals surface area contributed by atoms with E-state index in [0.29, 0.717) is 5.56 Å². The minimum atomic E-state index is -1.07. The average Bonchev–Trinajstić information content (AvgIpc) is 2.70. The summed E-state index contributed by atoms with van der Waals surface area (Å²) in [4.78, 5) is 10.9. The molecule has 1 aromatic rings. The molecule has 3 nitrogen and oxygen atoms in total. The van der Waals surface area contributed by atoms with Gasteiger partial charge in [0.25, 0.3) is 0 Å². The van der Waals surface area contributed by atoms with Crippen LogP contribution >= 0.6 is 12.4 Å². The van der Waals surface area contributed by atoms with E-state index >= 15 is 0 Å². The molecular weight excluding hydrogens is 233 g/mol. The largest absolute Gasteiger partial charge is 0.478 e. The maximum atomic E-state index is 12.9. The highest BCUT2D eigenvalue weighted by atomic mass is 35.5. The van der Waals surface area contributed by atoms with Crippen LogP contribution in [0.1, 0.15) is 34.8 Å². The number of hydrogen-bond donors (Lipinski definition) is 2. The van der Waals surface area contributed by atoms with Gasteiger partial charge in [-0.2, -0.15) is 0 Å². The molecule has 0 unspecified atom stereocenters. The summed E-state index contributed by atoms with van der Waals surface area (Å²) in [7, 11) is 0. The number of rotatable bonds is 2. The van der Waals surface area contributed by atoms with Gasteiger partial charge in [0, 0.05) is 6.04 Å². The monoisotopic (exact) mass is 245 g/mol. The Morgan fingerprint density at radius 1 is 1.50 bits per heavy atom. The predicted molar refractivity (Wildman–Crippen MR) is 60.6 cm³/mol. The van der Waals surface area contributed by atoms with Gasteiger partial charge in [0.05, 0.1) is 5.56 Å². The maximum Gasteiger partial charge on any atom is 0.336 e. The van der Waals surface area contributed by atoms with E-state index in [9.17, 15) is 9.18 Å². The molecule has 0 amide bonds. The SMILES string of the molecule is Cl.O=C(O)c1cc(F)ccc1[C@H]1CCCN1. The molecule has 0 radical (unpaired) electrons. The smallest absolute Gasteiger partial charge is 0.336 e. The van der Waals surface area contributed by atoms with Gasteiger partial charge in [-0.25, -0.2) is 9.18 Å². The summed E-state index contributed by atoms with van der Waals surface area (Å²) < 4.78 is 12.9. The van der Waals surface area contributed by atoms with E-state index < -0.39 is 11.8 Å². The number of halogens is 2. The fourth-order valence-electron chi connectivity index (χ4n) is 1.97. The zero-order valence-electron chi connectivity index (χ0n) is 8.57. The molecule has 1 saturated heterocycles. The Balaban J connectivity index is 0.00000128. The third-order valence-corrected chi connectivity index (χ3v) is 2.68. The number of benzene rings is 1. The Bertz CT molecular complexity index is 392. The molecule has 1 atom stereocenters. The first-order valence-corrected chi connectivity index (χ1v) is 4.94. The second-order valence-electron chi connectivity index (χ2n) is 3.69. The molecule has 1 aliphatic rings.